The molecule has 1 rings (SSSR count). The lowest BCUT2D eigenvalue weighted by atomic mass is 10.2. The quantitative estimate of drug-likeness (QED) is 0.464. The Balaban J connectivity index is 3.38. The van der Waals surface area contributed by atoms with Crippen LogP contribution in [0.2, 0.25) is 0 Å². The van der Waals surface area contributed by atoms with E-state index in [0.717, 1.165) is 0 Å². The second kappa shape index (κ2) is 4.43. The molecule has 0 aromatic carbocycles. The Bertz CT molecular complexity index is 400. The number of nitrogens with zero attached hydrogens (tertiary/aromatic N) is 2. The third-order valence-electron chi connectivity index (χ3n) is 1.59. The van der Waals surface area contributed by atoms with Crippen molar-refractivity contribution in [1.29, 1.82) is 0 Å². The molecule has 0 unspecified atom stereocenters. The van der Waals surface area contributed by atoms with Gasteiger partial charge in [0.15, 0.2) is 5.82 Å². The van der Waals surface area contributed by atoms with Crippen molar-refractivity contribution in [3.63, 3.8) is 0 Å². The third-order valence-corrected chi connectivity index (χ3v) is 1.84. The molecular weight excluding hydrogens is 237 g/mol. The average molecular weight is 241 g/mol. The molecule has 0 bridgehead atoms. The number of rotatable bonds is 3. The first-order valence-corrected chi connectivity index (χ1v) is 4.18. The molecule has 0 aliphatic carbocycles. The van der Waals surface area contributed by atoms with E-state index in [0.29, 0.717) is 6.07 Å². The Labute approximate surface area is 86.8 Å². The van der Waals surface area contributed by atoms with E-state index in [9.17, 15) is 23.3 Å². The maximum absolute atomic E-state index is 13.1. The molecule has 0 radical (unpaired) electrons. The fraction of sp³-hybridized carbons (Fsp3) is 0.286. The van der Waals surface area contributed by atoms with Crippen LogP contribution in [0.1, 0.15) is 17.7 Å². The molecule has 0 saturated heterocycles. The number of aromatic nitrogens is 1. The number of hydrogen-bond donors (Lipinski definition) is 0. The molecule has 15 heavy (non-hydrogen) atoms. The highest BCUT2D eigenvalue weighted by atomic mass is 35.5. The lowest BCUT2D eigenvalue weighted by Crippen LogP contribution is -2.03. The van der Waals surface area contributed by atoms with Crippen LogP contribution < -0.4 is 0 Å². The molecule has 8 heteroatoms. The van der Waals surface area contributed by atoms with Crippen LogP contribution in [-0.4, -0.2) is 9.91 Å². The molecule has 1 aromatic heterocycles. The van der Waals surface area contributed by atoms with Crippen molar-refractivity contribution >= 4 is 17.4 Å². The SMILES string of the molecule is O=[N+]([O-])c1cc(C(F)F)c(F)c(CCl)n1. The summed E-state index contributed by atoms with van der Waals surface area (Å²) in [5.74, 6) is -2.65. The molecule has 0 atom stereocenters. The summed E-state index contributed by atoms with van der Waals surface area (Å²) >= 11 is 5.22. The minimum Gasteiger partial charge on any atom is -0.358 e. The van der Waals surface area contributed by atoms with Crippen LogP contribution in [0.15, 0.2) is 6.07 Å². The highest BCUT2D eigenvalue weighted by Gasteiger charge is 2.25. The number of alkyl halides is 3. The van der Waals surface area contributed by atoms with Gasteiger partial charge in [0.1, 0.15) is 0 Å². The summed E-state index contributed by atoms with van der Waals surface area (Å²) in [4.78, 5) is 12.5. The monoisotopic (exact) mass is 240 g/mol. The summed E-state index contributed by atoms with van der Waals surface area (Å²) in [6.45, 7) is 0. The molecule has 1 heterocycles. The van der Waals surface area contributed by atoms with Crippen molar-refractivity contribution in [3.05, 3.63) is 33.3 Å². The number of nitro groups is 1. The normalized spacial score (nSPS) is 10.7. The molecule has 1 aromatic rings. The molecule has 0 fully saturated rings. The molecule has 0 N–H and O–H groups in total. The lowest BCUT2D eigenvalue weighted by Gasteiger charge is -2.02. The van der Waals surface area contributed by atoms with Crippen molar-refractivity contribution in [2.45, 2.75) is 12.3 Å². The van der Waals surface area contributed by atoms with Crippen LogP contribution in [0.4, 0.5) is 19.0 Å². The smallest absolute Gasteiger partial charge is 0.358 e. The van der Waals surface area contributed by atoms with Gasteiger partial charge in [-0.1, -0.05) is 0 Å². The first-order valence-electron chi connectivity index (χ1n) is 3.65. The van der Waals surface area contributed by atoms with Crippen molar-refractivity contribution in [2.75, 3.05) is 0 Å². The maximum Gasteiger partial charge on any atom is 0.364 e. The van der Waals surface area contributed by atoms with Gasteiger partial charge in [0.2, 0.25) is 5.69 Å². The minimum absolute atomic E-state index is 0.399. The predicted octanol–water partition coefficient (Wildman–Crippen LogP) is 2.81. The Morgan fingerprint density at radius 2 is 2.20 bits per heavy atom. The van der Waals surface area contributed by atoms with Crippen LogP contribution in [0, 0.1) is 15.9 Å². The van der Waals surface area contributed by atoms with E-state index in [1.807, 2.05) is 0 Å². The van der Waals surface area contributed by atoms with Gasteiger partial charge in [-0.15, -0.1) is 11.6 Å². The zero-order chi connectivity index (χ0) is 11.6. The maximum atomic E-state index is 13.1. The Kier molecular flexibility index (Phi) is 3.46. The van der Waals surface area contributed by atoms with Crippen molar-refractivity contribution in [3.8, 4) is 0 Å². The second-order valence-corrected chi connectivity index (χ2v) is 2.79. The van der Waals surface area contributed by atoms with Gasteiger partial charge in [-0.3, -0.25) is 0 Å². The van der Waals surface area contributed by atoms with Crippen LogP contribution in [0.3, 0.4) is 0 Å². The van der Waals surface area contributed by atoms with Gasteiger partial charge in [0.25, 0.3) is 6.43 Å². The van der Waals surface area contributed by atoms with E-state index in [1.165, 1.54) is 0 Å². The predicted molar refractivity (Wildman–Crippen MR) is 45.4 cm³/mol. The summed E-state index contributed by atoms with van der Waals surface area (Å²) in [5, 5.41) is 10.3. The number of halogens is 4. The Morgan fingerprint density at radius 3 is 2.60 bits per heavy atom. The van der Waals surface area contributed by atoms with Gasteiger partial charge in [-0.25, -0.2) is 13.2 Å². The van der Waals surface area contributed by atoms with E-state index in [4.69, 9.17) is 11.6 Å². The number of hydrogen-bond acceptors (Lipinski definition) is 3. The van der Waals surface area contributed by atoms with Crippen molar-refractivity contribution in [1.82, 2.24) is 4.98 Å². The molecule has 4 nitrogen and oxygen atoms in total. The van der Waals surface area contributed by atoms with E-state index < -0.39 is 40.1 Å². The molecule has 0 saturated carbocycles. The van der Waals surface area contributed by atoms with Gasteiger partial charge >= 0.3 is 5.82 Å². The average Bonchev–Trinajstić information content (AvgIpc) is 2.17. The van der Waals surface area contributed by atoms with Crippen LogP contribution in [-0.2, 0) is 5.88 Å². The van der Waals surface area contributed by atoms with Gasteiger partial charge < -0.3 is 10.1 Å². The largest absolute Gasteiger partial charge is 0.364 e. The Morgan fingerprint density at radius 1 is 1.60 bits per heavy atom. The zero-order valence-electron chi connectivity index (χ0n) is 7.08. The zero-order valence-corrected chi connectivity index (χ0v) is 7.84. The fourth-order valence-electron chi connectivity index (χ4n) is 0.930. The molecule has 0 spiro atoms. The highest BCUT2D eigenvalue weighted by Crippen LogP contribution is 2.27. The molecule has 82 valence electrons. The van der Waals surface area contributed by atoms with Gasteiger partial charge in [-0.05, 0) is 9.91 Å². The van der Waals surface area contributed by atoms with E-state index in [-0.39, 0.29) is 0 Å². The van der Waals surface area contributed by atoms with Crippen LogP contribution in [0.25, 0.3) is 0 Å². The van der Waals surface area contributed by atoms with Gasteiger partial charge in [-0.2, -0.15) is 0 Å². The first kappa shape index (κ1) is 11.7. The molecular formula is C7H4ClF3N2O2. The summed E-state index contributed by atoms with van der Waals surface area (Å²) in [5.41, 5.74) is -1.62. The highest BCUT2D eigenvalue weighted by molar-refractivity contribution is 6.16. The molecule has 0 amide bonds. The van der Waals surface area contributed by atoms with E-state index >= 15 is 0 Å². The molecule has 0 aliphatic heterocycles. The van der Waals surface area contributed by atoms with Crippen molar-refractivity contribution < 1.29 is 18.1 Å². The molecule has 0 aliphatic rings. The topological polar surface area (TPSA) is 56.0 Å². The van der Waals surface area contributed by atoms with Crippen molar-refractivity contribution in [2.24, 2.45) is 0 Å². The summed E-state index contributed by atoms with van der Waals surface area (Å²) < 4.78 is 37.6. The van der Waals surface area contributed by atoms with Gasteiger partial charge in [0.05, 0.1) is 11.4 Å². The van der Waals surface area contributed by atoms with Crippen LogP contribution in [0.5, 0.6) is 0 Å². The van der Waals surface area contributed by atoms with Crippen LogP contribution >= 0.6 is 11.6 Å². The fourth-order valence-corrected chi connectivity index (χ4v) is 1.11. The van der Waals surface area contributed by atoms with E-state index in [1.54, 1.807) is 0 Å². The lowest BCUT2D eigenvalue weighted by molar-refractivity contribution is -0.389. The first-order chi connectivity index (χ1) is 6.97. The third kappa shape index (κ3) is 2.35. The summed E-state index contributed by atoms with van der Waals surface area (Å²) in [6, 6.07) is 0.399. The second-order valence-electron chi connectivity index (χ2n) is 2.52. The van der Waals surface area contributed by atoms with Gasteiger partial charge in [0, 0.05) is 6.07 Å². The summed E-state index contributed by atoms with van der Waals surface area (Å²) in [7, 11) is 0. The summed E-state index contributed by atoms with van der Waals surface area (Å²) in [6.07, 6.45) is -3.14. The van der Waals surface area contributed by atoms with E-state index in [2.05, 4.69) is 4.98 Å². The Hall–Kier alpha value is -1.37. The number of pyridine rings is 1. The minimum atomic E-state index is -3.14. The standard InChI is InChI=1S/C7H4ClF3N2O2/c8-2-4-6(9)3(7(10)11)1-5(12-4)13(14)15/h1,7H,2H2.